The van der Waals surface area contributed by atoms with Gasteiger partial charge in [-0.05, 0) is 47.2 Å². The summed E-state index contributed by atoms with van der Waals surface area (Å²) in [6.45, 7) is 2.14. The number of hydrazone groups is 1. The highest BCUT2D eigenvalue weighted by Crippen LogP contribution is 2.14. The summed E-state index contributed by atoms with van der Waals surface area (Å²) in [5.41, 5.74) is 6.48. The monoisotopic (exact) mass is 406 g/mol. The van der Waals surface area contributed by atoms with Crippen LogP contribution in [0.2, 0.25) is 0 Å². The third-order valence-corrected chi connectivity index (χ3v) is 4.49. The Morgan fingerprint density at radius 1 is 1.20 bits per heavy atom. The second-order valence-corrected chi connectivity index (χ2v) is 6.94. The molecule has 154 valence electrons. The van der Waals surface area contributed by atoms with Crippen molar-refractivity contribution in [2.45, 2.75) is 13.5 Å². The van der Waals surface area contributed by atoms with Crippen LogP contribution in [0.3, 0.4) is 0 Å². The van der Waals surface area contributed by atoms with E-state index in [-0.39, 0.29) is 11.7 Å². The van der Waals surface area contributed by atoms with Crippen molar-refractivity contribution in [1.82, 2.24) is 15.2 Å². The molecule has 2 aromatic carbocycles. The normalized spacial score (nSPS) is 10.9. The molecule has 9 nitrogen and oxygen atoms in total. The van der Waals surface area contributed by atoms with Gasteiger partial charge in [-0.2, -0.15) is 9.78 Å². The molecule has 1 heterocycles. The molecule has 0 radical (unpaired) electrons. The zero-order chi connectivity index (χ0) is 21.7. The van der Waals surface area contributed by atoms with Crippen LogP contribution in [0.25, 0.3) is 0 Å². The van der Waals surface area contributed by atoms with Crippen LogP contribution in [0.5, 0.6) is 0 Å². The molecule has 9 heteroatoms. The Kier molecular flexibility index (Phi) is 6.21. The molecular formula is C21H22N6O3. The number of benzene rings is 2. The maximum atomic E-state index is 12.3. The summed E-state index contributed by atoms with van der Waals surface area (Å²) < 4.78 is 1.55. The molecule has 0 aliphatic rings. The van der Waals surface area contributed by atoms with Crippen molar-refractivity contribution in [2.75, 3.05) is 19.0 Å². The molecule has 0 atom stereocenters. The van der Waals surface area contributed by atoms with Crippen LogP contribution in [0.1, 0.15) is 27.2 Å². The zero-order valence-corrected chi connectivity index (χ0v) is 16.9. The van der Waals surface area contributed by atoms with Crippen molar-refractivity contribution in [3.05, 3.63) is 87.1 Å². The maximum absolute atomic E-state index is 12.3. The number of nitrogens with zero attached hydrogens (tertiary/aromatic N) is 5. The first-order chi connectivity index (χ1) is 14.3. The fraction of sp³-hybridized carbons (Fsp3) is 0.190. The molecule has 1 N–H and O–H groups in total. The van der Waals surface area contributed by atoms with E-state index in [1.54, 1.807) is 42.1 Å². The van der Waals surface area contributed by atoms with E-state index in [4.69, 9.17) is 0 Å². The summed E-state index contributed by atoms with van der Waals surface area (Å²) >= 11 is 0. The third-order valence-electron chi connectivity index (χ3n) is 4.49. The second-order valence-electron chi connectivity index (χ2n) is 6.94. The van der Waals surface area contributed by atoms with Crippen molar-refractivity contribution in [1.29, 1.82) is 0 Å². The van der Waals surface area contributed by atoms with E-state index in [1.165, 1.54) is 6.07 Å². The molecule has 0 unspecified atom stereocenters. The van der Waals surface area contributed by atoms with Gasteiger partial charge in [0.05, 0.1) is 29.6 Å². The molecule has 3 aromatic rings. The molecule has 0 saturated carbocycles. The number of carbonyl (C=O) groups excluding carboxylic acids is 1. The molecule has 0 fully saturated rings. The van der Waals surface area contributed by atoms with Gasteiger partial charge in [-0.1, -0.05) is 24.3 Å². The van der Waals surface area contributed by atoms with E-state index in [0.717, 1.165) is 16.8 Å². The number of carbonyl (C=O) groups is 1. The molecular weight excluding hydrogens is 384 g/mol. The maximum Gasteiger partial charge on any atom is 0.390 e. The lowest BCUT2D eigenvalue weighted by molar-refractivity contribution is -0.389. The summed E-state index contributed by atoms with van der Waals surface area (Å²) in [6.07, 6.45) is 1.58. The van der Waals surface area contributed by atoms with Gasteiger partial charge in [-0.25, -0.2) is 5.43 Å². The molecule has 0 bridgehead atoms. The lowest BCUT2D eigenvalue weighted by Crippen LogP contribution is -2.17. The first-order valence-corrected chi connectivity index (χ1v) is 9.22. The Bertz CT molecular complexity index is 1070. The molecule has 0 aliphatic carbocycles. The van der Waals surface area contributed by atoms with Crippen LogP contribution in [0, 0.1) is 17.0 Å². The topological polar surface area (TPSA) is 106 Å². The van der Waals surface area contributed by atoms with E-state index in [0.29, 0.717) is 17.8 Å². The average Bonchev–Trinajstić information content (AvgIpc) is 3.09. The van der Waals surface area contributed by atoms with Gasteiger partial charge < -0.3 is 15.0 Å². The Hall–Kier alpha value is -4.01. The highest BCUT2D eigenvalue weighted by Gasteiger charge is 2.15. The minimum absolute atomic E-state index is 0.183. The third kappa shape index (κ3) is 5.07. The van der Waals surface area contributed by atoms with Gasteiger partial charge in [0.15, 0.2) is 0 Å². The van der Waals surface area contributed by atoms with Gasteiger partial charge in [-0.15, -0.1) is 0 Å². The Labute approximate surface area is 173 Å². The number of anilines is 1. The summed E-state index contributed by atoms with van der Waals surface area (Å²) in [5, 5.41) is 18.8. The summed E-state index contributed by atoms with van der Waals surface area (Å²) in [4.78, 5) is 24.6. The summed E-state index contributed by atoms with van der Waals surface area (Å²) in [6, 6.07) is 16.1. The van der Waals surface area contributed by atoms with Gasteiger partial charge in [0.2, 0.25) is 0 Å². The van der Waals surface area contributed by atoms with Crippen LogP contribution in [-0.2, 0) is 6.54 Å². The van der Waals surface area contributed by atoms with Gasteiger partial charge in [-0.3, -0.25) is 4.79 Å². The number of hydrogen-bond acceptors (Lipinski definition) is 6. The molecule has 0 aliphatic heterocycles. The zero-order valence-electron chi connectivity index (χ0n) is 16.9. The number of hydrogen-bond donors (Lipinski definition) is 1. The summed E-state index contributed by atoms with van der Waals surface area (Å²) in [5.74, 6) is -0.508. The Morgan fingerprint density at radius 2 is 1.87 bits per heavy atom. The van der Waals surface area contributed by atoms with E-state index >= 15 is 0 Å². The van der Waals surface area contributed by atoms with E-state index in [2.05, 4.69) is 15.6 Å². The van der Waals surface area contributed by atoms with E-state index in [1.807, 2.05) is 43.3 Å². The number of nitrogens with one attached hydrogen (secondary N) is 1. The molecule has 0 saturated heterocycles. The van der Waals surface area contributed by atoms with Crippen LogP contribution < -0.4 is 10.3 Å². The predicted molar refractivity (Wildman–Crippen MR) is 115 cm³/mol. The fourth-order valence-electron chi connectivity index (χ4n) is 2.77. The quantitative estimate of drug-likeness (QED) is 0.369. The van der Waals surface area contributed by atoms with Gasteiger partial charge in [0.1, 0.15) is 0 Å². The van der Waals surface area contributed by atoms with Crippen LogP contribution in [0.15, 0.2) is 59.7 Å². The second kappa shape index (κ2) is 8.99. The highest BCUT2D eigenvalue weighted by molar-refractivity contribution is 5.94. The van der Waals surface area contributed by atoms with E-state index < -0.39 is 4.92 Å². The van der Waals surface area contributed by atoms with Crippen molar-refractivity contribution >= 4 is 23.6 Å². The predicted octanol–water partition coefficient (Wildman–Crippen LogP) is 2.98. The van der Waals surface area contributed by atoms with Crippen molar-refractivity contribution < 1.29 is 9.72 Å². The number of aromatic nitrogens is 2. The minimum Gasteiger partial charge on any atom is -0.378 e. The minimum atomic E-state index is -0.520. The first kappa shape index (κ1) is 20.7. The molecule has 3 rings (SSSR count). The SMILES string of the molecule is Cc1cc([N+](=O)[O-])nn1Cc1ccc(C(=O)NN=Cc2ccc(N(C)C)cc2)cc1. The van der Waals surface area contributed by atoms with E-state index in [9.17, 15) is 14.9 Å². The number of amides is 1. The first-order valence-electron chi connectivity index (χ1n) is 9.22. The smallest absolute Gasteiger partial charge is 0.378 e. The Morgan fingerprint density at radius 3 is 2.43 bits per heavy atom. The van der Waals surface area contributed by atoms with Crippen LogP contribution >= 0.6 is 0 Å². The van der Waals surface area contributed by atoms with Gasteiger partial charge in [0, 0.05) is 25.3 Å². The standard InChI is InChI=1S/C21H22N6O3/c1-15-12-20(27(29)30)24-26(15)14-17-4-8-18(9-5-17)21(28)23-22-13-16-6-10-19(11-7-16)25(2)3/h4-13H,14H2,1-3H3,(H,23,28). The van der Waals surface area contributed by atoms with Crippen molar-refractivity contribution in [3.8, 4) is 0 Å². The number of rotatable bonds is 7. The van der Waals surface area contributed by atoms with Crippen molar-refractivity contribution in [3.63, 3.8) is 0 Å². The molecule has 0 spiro atoms. The molecule has 1 amide bonds. The largest absolute Gasteiger partial charge is 0.390 e. The average molecular weight is 406 g/mol. The molecule has 30 heavy (non-hydrogen) atoms. The van der Waals surface area contributed by atoms with Gasteiger partial charge >= 0.3 is 5.82 Å². The fourth-order valence-corrected chi connectivity index (χ4v) is 2.77. The lowest BCUT2D eigenvalue weighted by Gasteiger charge is -2.11. The summed E-state index contributed by atoms with van der Waals surface area (Å²) in [7, 11) is 3.93. The van der Waals surface area contributed by atoms with Gasteiger partial charge in [0.25, 0.3) is 5.91 Å². The molecule has 1 aromatic heterocycles. The highest BCUT2D eigenvalue weighted by atomic mass is 16.6. The van der Waals surface area contributed by atoms with Crippen molar-refractivity contribution in [2.24, 2.45) is 5.10 Å². The van der Waals surface area contributed by atoms with Crippen LogP contribution in [0.4, 0.5) is 11.5 Å². The Balaban J connectivity index is 1.59. The number of nitro groups is 1. The van der Waals surface area contributed by atoms with Crippen LogP contribution in [-0.4, -0.2) is 40.9 Å². The number of aryl methyl sites for hydroxylation is 1. The lowest BCUT2D eigenvalue weighted by atomic mass is 10.1.